The molecule has 1 aliphatic heterocycles. The number of anilines is 1. The lowest BCUT2D eigenvalue weighted by Crippen LogP contribution is -2.68. The van der Waals surface area contributed by atoms with Gasteiger partial charge in [0.05, 0.1) is 11.3 Å². The molecule has 6 rings (SSSR count). The summed E-state index contributed by atoms with van der Waals surface area (Å²) in [5, 5.41) is 3.22. The Morgan fingerprint density at radius 1 is 1.21 bits per heavy atom. The topological polar surface area (TPSA) is 45.2 Å². The molecule has 2 heterocycles. The highest BCUT2D eigenvalue weighted by Gasteiger charge is 2.57. The van der Waals surface area contributed by atoms with Crippen molar-refractivity contribution < 1.29 is 13.6 Å². The summed E-state index contributed by atoms with van der Waals surface area (Å²) in [5.74, 6) is -0.152. The summed E-state index contributed by atoms with van der Waals surface area (Å²) in [7, 11) is 0. The molecule has 1 amide bonds. The Morgan fingerprint density at radius 2 is 1.90 bits per heavy atom. The first-order valence-electron chi connectivity index (χ1n) is 10.4. The molecule has 1 aromatic carbocycles. The van der Waals surface area contributed by atoms with E-state index in [1.807, 2.05) is 6.92 Å². The number of carbonyl (C=O) groups is 1. The average Bonchev–Trinajstić information content (AvgIpc) is 3.01. The van der Waals surface area contributed by atoms with Crippen LogP contribution < -0.4 is 10.2 Å². The van der Waals surface area contributed by atoms with Crippen LogP contribution >= 0.6 is 0 Å². The number of nitrogens with zero attached hydrogens (tertiary/aromatic N) is 2. The van der Waals surface area contributed by atoms with E-state index in [9.17, 15) is 13.6 Å². The predicted molar refractivity (Wildman–Crippen MR) is 108 cm³/mol. The molecule has 3 saturated carbocycles. The molecule has 4 nitrogen and oxygen atoms in total. The standard InChI is InChI=1S/C23H25F2N3O/c1-13-3-4-28(12-13)21-19(22(29)27-23-8-15(9-23)10-23)11-26-14(2)20(21)16-5-17(24)7-18(25)6-16/h5-7,11,13,15H,3-4,8-10,12H2,1-2H3,(H,27,29)/t13-,15?,23?/m1/s1. The lowest BCUT2D eigenvalue weighted by molar-refractivity contribution is -0.0438. The number of hydrogen-bond donors (Lipinski definition) is 1. The molecule has 1 N–H and O–H groups in total. The van der Waals surface area contributed by atoms with E-state index in [1.54, 1.807) is 6.20 Å². The van der Waals surface area contributed by atoms with Crippen molar-refractivity contribution in [3.63, 3.8) is 0 Å². The van der Waals surface area contributed by atoms with Gasteiger partial charge in [0.1, 0.15) is 11.6 Å². The number of aromatic nitrogens is 1. The van der Waals surface area contributed by atoms with Gasteiger partial charge >= 0.3 is 0 Å². The quantitative estimate of drug-likeness (QED) is 0.828. The van der Waals surface area contributed by atoms with Crippen LogP contribution in [-0.2, 0) is 0 Å². The lowest BCUT2D eigenvalue weighted by atomic mass is 9.50. The van der Waals surface area contributed by atoms with Crippen LogP contribution in [0, 0.1) is 30.4 Å². The second-order valence-electron chi connectivity index (χ2n) is 9.19. The van der Waals surface area contributed by atoms with Crippen LogP contribution in [-0.4, -0.2) is 29.5 Å². The maximum atomic E-state index is 14.0. The molecule has 29 heavy (non-hydrogen) atoms. The van der Waals surface area contributed by atoms with E-state index < -0.39 is 11.6 Å². The number of carbonyl (C=O) groups excluding carboxylic acids is 1. The molecule has 4 aliphatic rings. The molecule has 2 aromatic rings. The molecule has 3 aliphatic carbocycles. The molecule has 0 radical (unpaired) electrons. The van der Waals surface area contributed by atoms with Gasteiger partial charge in [0.15, 0.2) is 0 Å². The molecule has 1 saturated heterocycles. The Hall–Kier alpha value is -2.50. The van der Waals surface area contributed by atoms with Crippen molar-refractivity contribution in [1.82, 2.24) is 10.3 Å². The van der Waals surface area contributed by atoms with Gasteiger partial charge in [-0.3, -0.25) is 9.78 Å². The Balaban J connectivity index is 1.63. The van der Waals surface area contributed by atoms with Crippen LogP contribution in [0.1, 0.15) is 48.7 Å². The van der Waals surface area contributed by atoms with Crippen molar-refractivity contribution >= 4 is 11.6 Å². The molecule has 1 atom stereocenters. The summed E-state index contributed by atoms with van der Waals surface area (Å²) in [5.41, 5.74) is 2.91. The Labute approximate surface area is 169 Å². The summed E-state index contributed by atoms with van der Waals surface area (Å²) in [6.07, 6.45) is 5.79. The monoisotopic (exact) mass is 397 g/mol. The van der Waals surface area contributed by atoms with E-state index in [0.717, 1.165) is 56.4 Å². The third-order valence-corrected chi connectivity index (χ3v) is 6.79. The van der Waals surface area contributed by atoms with E-state index in [4.69, 9.17) is 0 Å². The Bertz CT molecular complexity index is 969. The molecule has 0 unspecified atom stereocenters. The number of aryl methyl sites for hydroxylation is 1. The van der Waals surface area contributed by atoms with Crippen molar-refractivity contribution in [2.45, 2.75) is 45.1 Å². The number of nitrogens with one attached hydrogen (secondary N) is 1. The minimum absolute atomic E-state index is 0.0483. The fourth-order valence-corrected chi connectivity index (χ4v) is 5.21. The first kappa shape index (κ1) is 18.5. The first-order valence-corrected chi connectivity index (χ1v) is 10.4. The third kappa shape index (κ3) is 3.09. The van der Waals surface area contributed by atoms with Gasteiger partial charge in [-0.25, -0.2) is 8.78 Å². The second-order valence-corrected chi connectivity index (χ2v) is 9.19. The van der Waals surface area contributed by atoms with E-state index in [2.05, 4.69) is 22.1 Å². The van der Waals surface area contributed by atoms with Gasteiger partial charge in [0, 0.05) is 42.1 Å². The maximum absolute atomic E-state index is 14.0. The van der Waals surface area contributed by atoms with Gasteiger partial charge in [-0.15, -0.1) is 0 Å². The fraction of sp³-hybridized carbons (Fsp3) is 0.478. The Kier molecular flexibility index (Phi) is 4.16. The molecular formula is C23H25F2N3O. The van der Waals surface area contributed by atoms with Crippen LogP contribution in [0.2, 0.25) is 0 Å². The van der Waals surface area contributed by atoms with Gasteiger partial charge in [0.25, 0.3) is 5.91 Å². The molecule has 1 aromatic heterocycles. The van der Waals surface area contributed by atoms with Crippen LogP contribution in [0.15, 0.2) is 24.4 Å². The average molecular weight is 397 g/mol. The van der Waals surface area contributed by atoms with Gasteiger partial charge in [-0.05, 0) is 62.1 Å². The summed E-state index contributed by atoms with van der Waals surface area (Å²) >= 11 is 0. The number of benzene rings is 1. The summed E-state index contributed by atoms with van der Waals surface area (Å²) in [4.78, 5) is 19.9. The van der Waals surface area contributed by atoms with E-state index in [0.29, 0.717) is 28.3 Å². The molecule has 2 bridgehead atoms. The predicted octanol–water partition coefficient (Wildman–Crippen LogP) is 4.46. The second kappa shape index (κ2) is 6.51. The molecule has 0 spiro atoms. The van der Waals surface area contributed by atoms with Crippen LogP contribution in [0.3, 0.4) is 0 Å². The van der Waals surface area contributed by atoms with Gasteiger partial charge in [-0.1, -0.05) is 6.92 Å². The maximum Gasteiger partial charge on any atom is 0.255 e. The number of amides is 1. The van der Waals surface area contributed by atoms with E-state index in [-0.39, 0.29) is 11.4 Å². The smallest absolute Gasteiger partial charge is 0.255 e. The third-order valence-electron chi connectivity index (χ3n) is 6.79. The minimum Gasteiger partial charge on any atom is -0.370 e. The van der Waals surface area contributed by atoms with Crippen molar-refractivity contribution in [3.05, 3.63) is 47.3 Å². The normalized spacial score (nSPS) is 27.4. The SMILES string of the molecule is Cc1ncc(C(=O)NC23CC(C2)C3)c(N2CC[C@@H](C)C2)c1-c1cc(F)cc(F)c1. The van der Waals surface area contributed by atoms with Crippen LogP contribution in [0.5, 0.6) is 0 Å². The zero-order valence-corrected chi connectivity index (χ0v) is 16.8. The van der Waals surface area contributed by atoms with Gasteiger partial charge in [-0.2, -0.15) is 0 Å². The van der Waals surface area contributed by atoms with Gasteiger partial charge in [0.2, 0.25) is 0 Å². The number of rotatable bonds is 4. The lowest BCUT2D eigenvalue weighted by Gasteiger charge is -2.61. The van der Waals surface area contributed by atoms with Gasteiger partial charge < -0.3 is 10.2 Å². The largest absolute Gasteiger partial charge is 0.370 e. The molecule has 4 fully saturated rings. The number of hydrogen-bond acceptors (Lipinski definition) is 3. The van der Waals surface area contributed by atoms with Crippen molar-refractivity contribution in [2.75, 3.05) is 18.0 Å². The molecule has 6 heteroatoms. The first-order chi connectivity index (χ1) is 13.8. The van der Waals surface area contributed by atoms with Crippen LogP contribution in [0.25, 0.3) is 11.1 Å². The van der Waals surface area contributed by atoms with E-state index >= 15 is 0 Å². The Morgan fingerprint density at radius 3 is 2.45 bits per heavy atom. The highest BCUT2D eigenvalue weighted by atomic mass is 19.1. The number of pyridine rings is 1. The number of halogens is 2. The van der Waals surface area contributed by atoms with E-state index in [1.165, 1.54) is 12.1 Å². The molecule has 152 valence electrons. The van der Waals surface area contributed by atoms with Crippen molar-refractivity contribution in [1.29, 1.82) is 0 Å². The zero-order valence-electron chi connectivity index (χ0n) is 16.8. The zero-order chi connectivity index (χ0) is 20.3. The minimum atomic E-state index is -0.635. The highest BCUT2D eigenvalue weighted by Crippen LogP contribution is 2.57. The van der Waals surface area contributed by atoms with Crippen molar-refractivity contribution in [2.24, 2.45) is 11.8 Å². The molecular weight excluding hydrogens is 372 g/mol. The fourth-order valence-electron chi connectivity index (χ4n) is 5.21. The summed E-state index contributed by atoms with van der Waals surface area (Å²) in [6.45, 7) is 5.62. The summed E-state index contributed by atoms with van der Waals surface area (Å²) in [6, 6.07) is 3.50. The van der Waals surface area contributed by atoms with Crippen LogP contribution in [0.4, 0.5) is 14.5 Å². The van der Waals surface area contributed by atoms with Crippen molar-refractivity contribution in [3.8, 4) is 11.1 Å². The highest BCUT2D eigenvalue weighted by molar-refractivity contribution is 6.04. The summed E-state index contributed by atoms with van der Waals surface area (Å²) < 4.78 is 28.0.